The second kappa shape index (κ2) is 9.21. The molecule has 0 aromatic rings. The van der Waals surface area contributed by atoms with Gasteiger partial charge in [0.25, 0.3) is 0 Å². The third-order valence-electron chi connectivity index (χ3n) is 6.35. The molecule has 166 valence electrons. The number of rotatable bonds is 5. The fourth-order valence-corrected chi connectivity index (χ4v) is 4.57. The van der Waals surface area contributed by atoms with Crippen LogP contribution >= 0.6 is 0 Å². The van der Waals surface area contributed by atoms with E-state index in [1.165, 1.54) is 4.90 Å². The van der Waals surface area contributed by atoms with Gasteiger partial charge in [0.2, 0.25) is 11.8 Å². The van der Waals surface area contributed by atoms with Crippen molar-refractivity contribution in [2.75, 3.05) is 33.2 Å². The Hall–Kier alpha value is -2.34. The number of hydrogen-bond acceptors (Lipinski definition) is 6. The van der Waals surface area contributed by atoms with E-state index in [0.29, 0.717) is 25.9 Å². The summed E-state index contributed by atoms with van der Waals surface area (Å²) in [6.45, 7) is 6.82. The number of hydrogen-bond donors (Lipinski definition) is 2. The molecule has 0 saturated carbocycles. The minimum absolute atomic E-state index is 0.0742. The van der Waals surface area contributed by atoms with Crippen LogP contribution in [0.25, 0.3) is 0 Å². The maximum atomic E-state index is 13.0. The van der Waals surface area contributed by atoms with Gasteiger partial charge in [0.15, 0.2) is 0 Å². The van der Waals surface area contributed by atoms with E-state index in [0.717, 1.165) is 25.9 Å². The van der Waals surface area contributed by atoms with Gasteiger partial charge in [-0.05, 0) is 44.6 Å². The summed E-state index contributed by atoms with van der Waals surface area (Å²) in [5.41, 5.74) is -0.221. The van der Waals surface area contributed by atoms with Crippen LogP contribution in [0.5, 0.6) is 0 Å². The normalized spacial score (nSPS) is 27.9. The molecule has 3 rings (SSSR count). The molecule has 30 heavy (non-hydrogen) atoms. The number of likely N-dealkylation sites (tertiary alicyclic amines) is 2. The number of nitrogens with zero attached hydrogens (tertiary/aromatic N) is 3. The van der Waals surface area contributed by atoms with Crippen LogP contribution in [0.1, 0.15) is 46.0 Å². The van der Waals surface area contributed by atoms with Crippen LogP contribution in [-0.2, 0) is 14.3 Å². The van der Waals surface area contributed by atoms with E-state index < -0.39 is 18.2 Å². The summed E-state index contributed by atoms with van der Waals surface area (Å²) in [4.78, 5) is 41.4. The molecule has 3 aliphatic heterocycles. The number of carbonyl (C=O) groups is 3. The zero-order chi connectivity index (χ0) is 21.9. The van der Waals surface area contributed by atoms with Crippen LogP contribution in [0.2, 0.25) is 0 Å². The molecule has 3 saturated heterocycles. The van der Waals surface area contributed by atoms with Crippen LogP contribution in [-0.4, -0.2) is 79.1 Å². The highest BCUT2D eigenvalue weighted by molar-refractivity contribution is 5.87. The van der Waals surface area contributed by atoms with E-state index in [1.807, 2.05) is 20.9 Å². The van der Waals surface area contributed by atoms with Gasteiger partial charge in [-0.15, -0.1) is 0 Å². The molecule has 0 unspecified atom stereocenters. The summed E-state index contributed by atoms with van der Waals surface area (Å²) in [5, 5.41) is 15.0. The fourth-order valence-electron chi connectivity index (χ4n) is 4.57. The molecule has 2 N–H and O–H groups in total. The lowest BCUT2D eigenvalue weighted by Crippen LogP contribution is -2.50. The van der Waals surface area contributed by atoms with E-state index in [2.05, 4.69) is 21.6 Å². The topological polar surface area (TPSA) is 115 Å². The number of piperidine rings is 1. The number of amides is 3. The van der Waals surface area contributed by atoms with Gasteiger partial charge >= 0.3 is 6.09 Å². The Balaban J connectivity index is 1.61. The maximum absolute atomic E-state index is 13.0. The molecule has 0 aromatic carbocycles. The summed E-state index contributed by atoms with van der Waals surface area (Å²) in [5.74, 6) is -0.693. The molecule has 3 heterocycles. The molecule has 0 spiro atoms. The lowest BCUT2D eigenvalue weighted by atomic mass is 9.90. The standard InChI is InChI=1S/C21H33N5O4/c1-21(2)11-17(19(28)24-15(12-22)10-14-4-7-23-18(14)27)26(13-21)20(29)30-16-5-8-25(3)9-6-16/h14-17H,4-11,13H2,1-3H3,(H,23,27)(H,24,28)/t14-,15-,17-/m0/s1. The van der Waals surface area contributed by atoms with Crippen molar-refractivity contribution in [2.24, 2.45) is 11.3 Å². The first-order valence-corrected chi connectivity index (χ1v) is 10.8. The number of carbonyl (C=O) groups excluding carboxylic acids is 3. The molecule has 9 nitrogen and oxygen atoms in total. The van der Waals surface area contributed by atoms with E-state index >= 15 is 0 Å². The van der Waals surface area contributed by atoms with E-state index in [9.17, 15) is 19.6 Å². The zero-order valence-electron chi connectivity index (χ0n) is 18.1. The highest BCUT2D eigenvalue weighted by atomic mass is 16.6. The van der Waals surface area contributed by atoms with E-state index in [-0.39, 0.29) is 35.7 Å². The highest BCUT2D eigenvalue weighted by Gasteiger charge is 2.45. The third kappa shape index (κ3) is 5.42. The Bertz CT molecular complexity index is 711. The first kappa shape index (κ1) is 22.3. The Kier molecular flexibility index (Phi) is 6.86. The predicted molar refractivity (Wildman–Crippen MR) is 109 cm³/mol. The zero-order valence-corrected chi connectivity index (χ0v) is 18.1. The second-order valence-electron chi connectivity index (χ2n) is 9.60. The van der Waals surface area contributed by atoms with E-state index in [1.54, 1.807) is 0 Å². The van der Waals surface area contributed by atoms with Gasteiger partial charge in [0.05, 0.1) is 6.07 Å². The van der Waals surface area contributed by atoms with Crippen LogP contribution in [0, 0.1) is 22.7 Å². The SMILES string of the molecule is CN1CCC(OC(=O)N2CC(C)(C)C[C@H]2C(=O)N[C@H](C#N)C[C@@H]2CCNC2=O)CC1. The highest BCUT2D eigenvalue weighted by Crippen LogP contribution is 2.35. The smallest absolute Gasteiger partial charge is 0.410 e. The van der Waals surface area contributed by atoms with Crippen molar-refractivity contribution in [3.63, 3.8) is 0 Å². The van der Waals surface area contributed by atoms with Gasteiger partial charge in [-0.2, -0.15) is 5.26 Å². The summed E-state index contributed by atoms with van der Waals surface area (Å²) in [6.07, 6.45) is 2.44. The van der Waals surface area contributed by atoms with Gasteiger partial charge in [0, 0.05) is 32.1 Å². The third-order valence-corrected chi connectivity index (χ3v) is 6.35. The monoisotopic (exact) mass is 419 g/mol. The second-order valence-corrected chi connectivity index (χ2v) is 9.60. The predicted octanol–water partition coefficient (Wildman–Crippen LogP) is 0.852. The molecular weight excluding hydrogens is 386 g/mol. The Morgan fingerprint density at radius 2 is 2.03 bits per heavy atom. The van der Waals surface area contributed by atoms with Crippen molar-refractivity contribution in [3.8, 4) is 6.07 Å². The van der Waals surface area contributed by atoms with Gasteiger partial charge in [-0.25, -0.2) is 4.79 Å². The maximum Gasteiger partial charge on any atom is 0.410 e. The number of nitrogens with one attached hydrogen (secondary N) is 2. The van der Waals surface area contributed by atoms with Crippen LogP contribution in [0.4, 0.5) is 4.79 Å². The molecule has 0 radical (unpaired) electrons. The van der Waals surface area contributed by atoms with Gasteiger partial charge in [-0.1, -0.05) is 13.8 Å². The molecule has 0 aliphatic carbocycles. The van der Waals surface area contributed by atoms with Gasteiger partial charge < -0.3 is 20.3 Å². The fraction of sp³-hybridized carbons (Fsp3) is 0.810. The minimum atomic E-state index is -0.762. The quantitative estimate of drug-likeness (QED) is 0.683. The molecule has 3 atom stereocenters. The largest absolute Gasteiger partial charge is 0.446 e. The Morgan fingerprint density at radius 3 is 2.63 bits per heavy atom. The van der Waals surface area contributed by atoms with Crippen LogP contribution < -0.4 is 10.6 Å². The van der Waals surface area contributed by atoms with Crippen LogP contribution in [0.15, 0.2) is 0 Å². The first-order chi connectivity index (χ1) is 14.2. The average molecular weight is 420 g/mol. The molecular formula is C21H33N5O4. The summed E-state index contributed by atoms with van der Waals surface area (Å²) in [6, 6.07) is 0.651. The van der Waals surface area contributed by atoms with E-state index in [4.69, 9.17) is 4.74 Å². The summed E-state index contributed by atoms with van der Waals surface area (Å²) >= 11 is 0. The molecule has 0 bridgehead atoms. The van der Waals surface area contributed by atoms with Gasteiger partial charge in [-0.3, -0.25) is 14.5 Å². The van der Waals surface area contributed by atoms with Crippen molar-refractivity contribution < 1.29 is 19.1 Å². The molecule has 9 heteroatoms. The molecule has 3 aliphatic rings. The number of ether oxygens (including phenoxy) is 1. The lowest BCUT2D eigenvalue weighted by Gasteiger charge is -2.31. The summed E-state index contributed by atoms with van der Waals surface area (Å²) in [7, 11) is 2.04. The Morgan fingerprint density at radius 1 is 1.33 bits per heavy atom. The summed E-state index contributed by atoms with van der Waals surface area (Å²) < 4.78 is 5.71. The molecule has 0 aromatic heterocycles. The molecule has 3 amide bonds. The van der Waals surface area contributed by atoms with Crippen molar-refractivity contribution in [1.82, 2.24) is 20.4 Å². The first-order valence-electron chi connectivity index (χ1n) is 10.8. The molecule has 3 fully saturated rings. The minimum Gasteiger partial charge on any atom is -0.446 e. The van der Waals surface area contributed by atoms with Crippen molar-refractivity contribution in [3.05, 3.63) is 0 Å². The number of nitriles is 1. The van der Waals surface area contributed by atoms with Crippen molar-refractivity contribution >= 4 is 17.9 Å². The van der Waals surface area contributed by atoms with Gasteiger partial charge in [0.1, 0.15) is 18.2 Å². The van der Waals surface area contributed by atoms with Crippen molar-refractivity contribution in [1.29, 1.82) is 5.26 Å². The average Bonchev–Trinajstić information content (AvgIpc) is 3.25. The van der Waals surface area contributed by atoms with Crippen LogP contribution in [0.3, 0.4) is 0 Å². The Labute approximate surface area is 178 Å². The van der Waals surface area contributed by atoms with Crippen molar-refractivity contribution in [2.45, 2.75) is 64.1 Å². The lowest BCUT2D eigenvalue weighted by molar-refractivity contribution is -0.127.